The van der Waals surface area contributed by atoms with E-state index in [1.165, 1.54) is 0 Å². The van der Waals surface area contributed by atoms with E-state index in [2.05, 4.69) is 0 Å². The van der Waals surface area contributed by atoms with Crippen LogP contribution in [0.5, 0.6) is 0 Å². The van der Waals surface area contributed by atoms with Gasteiger partial charge in [0.05, 0.1) is 0 Å². The molecule has 0 amide bonds. The fraction of sp³-hybridized carbons (Fsp3) is 0. The highest BCUT2D eigenvalue weighted by Gasteiger charge is 2.28. The maximum Gasteiger partial charge on any atom is 0.194 e. The van der Waals surface area contributed by atoms with E-state index in [1.807, 2.05) is 36.4 Å². The molecule has 3 aromatic rings. The third-order valence-corrected chi connectivity index (χ3v) is 3.50. The summed E-state index contributed by atoms with van der Waals surface area (Å²) in [5.74, 6) is -0.128. The molecule has 0 radical (unpaired) electrons. The molecular weight excluding hydrogens is 272 g/mol. The van der Waals surface area contributed by atoms with Crippen molar-refractivity contribution in [3.05, 3.63) is 107 Å². The molecule has 0 heterocycles. The van der Waals surface area contributed by atoms with Crippen LogP contribution in [0.2, 0.25) is 0 Å². The van der Waals surface area contributed by atoms with Gasteiger partial charge in [0.1, 0.15) is 0 Å². The standard InChI is InChI=1S/C14H8O2.C6H6/c15-13-9-5-1-2-6-10(9)14(16)12-8-4-3-7-11(12)13;1-2-4-6-5-3-1/h1-8H;1-6H. The van der Waals surface area contributed by atoms with Crippen LogP contribution < -0.4 is 0 Å². The van der Waals surface area contributed by atoms with Gasteiger partial charge in [0.15, 0.2) is 11.6 Å². The first kappa shape index (κ1) is 14.0. The number of ketones is 2. The van der Waals surface area contributed by atoms with E-state index in [-0.39, 0.29) is 11.6 Å². The van der Waals surface area contributed by atoms with Crippen LogP contribution in [0.3, 0.4) is 0 Å². The third kappa shape index (κ3) is 2.59. The Morgan fingerprint density at radius 3 is 0.818 bits per heavy atom. The summed E-state index contributed by atoms with van der Waals surface area (Å²) in [6.07, 6.45) is 0. The van der Waals surface area contributed by atoms with E-state index >= 15 is 0 Å². The summed E-state index contributed by atoms with van der Waals surface area (Å²) in [6, 6.07) is 25.9. The molecule has 0 N–H and O–H groups in total. The fourth-order valence-electron chi connectivity index (χ4n) is 2.43. The molecule has 0 spiro atoms. The molecular formula is C20H14O2. The van der Waals surface area contributed by atoms with E-state index in [1.54, 1.807) is 48.5 Å². The van der Waals surface area contributed by atoms with Crippen molar-refractivity contribution in [3.63, 3.8) is 0 Å². The molecule has 0 saturated heterocycles. The van der Waals surface area contributed by atoms with Gasteiger partial charge >= 0.3 is 0 Å². The van der Waals surface area contributed by atoms with Crippen molar-refractivity contribution in [1.82, 2.24) is 0 Å². The minimum atomic E-state index is -0.0641. The lowest BCUT2D eigenvalue weighted by Crippen LogP contribution is -2.20. The summed E-state index contributed by atoms with van der Waals surface area (Å²) in [6.45, 7) is 0. The van der Waals surface area contributed by atoms with Crippen LogP contribution in [0.15, 0.2) is 84.9 Å². The number of benzene rings is 3. The average molecular weight is 286 g/mol. The van der Waals surface area contributed by atoms with Crippen LogP contribution in [-0.4, -0.2) is 11.6 Å². The second-order valence-electron chi connectivity index (χ2n) is 4.90. The molecule has 0 atom stereocenters. The molecule has 2 nitrogen and oxygen atoms in total. The molecule has 0 aromatic heterocycles. The van der Waals surface area contributed by atoms with E-state index in [0.29, 0.717) is 22.3 Å². The van der Waals surface area contributed by atoms with E-state index in [0.717, 1.165) is 0 Å². The van der Waals surface area contributed by atoms with Gasteiger partial charge < -0.3 is 0 Å². The second kappa shape index (κ2) is 6.19. The van der Waals surface area contributed by atoms with Crippen LogP contribution in [0.25, 0.3) is 0 Å². The minimum absolute atomic E-state index is 0.0641. The second-order valence-corrected chi connectivity index (χ2v) is 4.90. The maximum atomic E-state index is 12.1. The molecule has 22 heavy (non-hydrogen) atoms. The van der Waals surface area contributed by atoms with Gasteiger partial charge in [-0.2, -0.15) is 0 Å². The van der Waals surface area contributed by atoms with Crippen molar-refractivity contribution < 1.29 is 9.59 Å². The smallest absolute Gasteiger partial charge is 0.194 e. The minimum Gasteiger partial charge on any atom is -0.289 e. The molecule has 0 fully saturated rings. The van der Waals surface area contributed by atoms with E-state index in [4.69, 9.17) is 0 Å². The lowest BCUT2D eigenvalue weighted by Gasteiger charge is -2.16. The molecule has 1 aliphatic rings. The summed E-state index contributed by atoms with van der Waals surface area (Å²) in [7, 11) is 0. The first-order valence-corrected chi connectivity index (χ1v) is 7.06. The lowest BCUT2D eigenvalue weighted by atomic mass is 9.84. The van der Waals surface area contributed by atoms with Gasteiger partial charge in [-0.3, -0.25) is 9.59 Å². The topological polar surface area (TPSA) is 34.1 Å². The molecule has 0 aliphatic heterocycles. The van der Waals surface area contributed by atoms with Crippen molar-refractivity contribution in [3.8, 4) is 0 Å². The Balaban J connectivity index is 0.000000202. The molecule has 0 saturated carbocycles. The average Bonchev–Trinajstić information content (AvgIpc) is 2.62. The highest BCUT2D eigenvalue weighted by molar-refractivity contribution is 6.28. The predicted octanol–water partition coefficient (Wildman–Crippen LogP) is 4.15. The molecule has 3 aromatic carbocycles. The number of hydrogen-bond donors (Lipinski definition) is 0. The highest BCUT2D eigenvalue weighted by Crippen LogP contribution is 2.26. The molecule has 4 rings (SSSR count). The number of carbonyl (C=O) groups is 2. The molecule has 1 aliphatic carbocycles. The quantitative estimate of drug-likeness (QED) is 0.486. The van der Waals surface area contributed by atoms with Gasteiger partial charge in [-0.25, -0.2) is 0 Å². The number of carbonyl (C=O) groups excluding carboxylic acids is 2. The summed E-state index contributed by atoms with van der Waals surface area (Å²) >= 11 is 0. The lowest BCUT2D eigenvalue weighted by molar-refractivity contribution is 0.0979. The summed E-state index contributed by atoms with van der Waals surface area (Å²) in [4.78, 5) is 24.2. The van der Waals surface area contributed by atoms with Crippen molar-refractivity contribution in [1.29, 1.82) is 0 Å². The van der Waals surface area contributed by atoms with Gasteiger partial charge in [-0.15, -0.1) is 0 Å². The highest BCUT2D eigenvalue weighted by atomic mass is 16.1. The van der Waals surface area contributed by atoms with Crippen LogP contribution in [0.4, 0.5) is 0 Å². The normalized spacial score (nSPS) is 11.8. The number of rotatable bonds is 0. The zero-order valence-electron chi connectivity index (χ0n) is 11.9. The zero-order chi connectivity index (χ0) is 15.4. The van der Waals surface area contributed by atoms with Crippen molar-refractivity contribution in [2.75, 3.05) is 0 Å². The summed E-state index contributed by atoms with van der Waals surface area (Å²) < 4.78 is 0. The Morgan fingerprint density at radius 1 is 0.364 bits per heavy atom. The van der Waals surface area contributed by atoms with Crippen LogP contribution >= 0.6 is 0 Å². The fourth-order valence-corrected chi connectivity index (χ4v) is 2.43. The maximum absolute atomic E-state index is 12.1. The Labute approximate surface area is 129 Å². The molecule has 106 valence electrons. The predicted molar refractivity (Wildman–Crippen MR) is 86.2 cm³/mol. The van der Waals surface area contributed by atoms with E-state index < -0.39 is 0 Å². The number of fused-ring (bicyclic) bond motifs is 2. The SMILES string of the molecule is O=C1c2ccccc2C(=O)c2ccccc21.c1ccccc1. The first-order valence-electron chi connectivity index (χ1n) is 7.06. The van der Waals surface area contributed by atoms with Crippen molar-refractivity contribution >= 4 is 11.6 Å². The van der Waals surface area contributed by atoms with Gasteiger partial charge in [0.25, 0.3) is 0 Å². The Morgan fingerprint density at radius 2 is 0.591 bits per heavy atom. The zero-order valence-corrected chi connectivity index (χ0v) is 11.9. The van der Waals surface area contributed by atoms with Gasteiger partial charge in [-0.1, -0.05) is 84.9 Å². The van der Waals surface area contributed by atoms with Crippen LogP contribution in [-0.2, 0) is 0 Å². The Kier molecular flexibility index (Phi) is 3.92. The van der Waals surface area contributed by atoms with Crippen LogP contribution in [0, 0.1) is 0 Å². The van der Waals surface area contributed by atoms with Gasteiger partial charge in [0, 0.05) is 22.3 Å². The summed E-state index contributed by atoms with van der Waals surface area (Å²) in [5.41, 5.74) is 2.02. The Bertz CT molecular complexity index is 688. The first-order chi connectivity index (χ1) is 10.8. The Hall–Kier alpha value is -3.00. The largest absolute Gasteiger partial charge is 0.289 e. The van der Waals surface area contributed by atoms with Gasteiger partial charge in [0.2, 0.25) is 0 Å². The summed E-state index contributed by atoms with van der Waals surface area (Å²) in [5, 5.41) is 0. The number of hydrogen-bond acceptors (Lipinski definition) is 2. The van der Waals surface area contributed by atoms with Gasteiger partial charge in [-0.05, 0) is 0 Å². The monoisotopic (exact) mass is 286 g/mol. The van der Waals surface area contributed by atoms with Crippen molar-refractivity contribution in [2.45, 2.75) is 0 Å². The molecule has 0 bridgehead atoms. The third-order valence-electron chi connectivity index (χ3n) is 3.50. The van der Waals surface area contributed by atoms with Crippen LogP contribution in [0.1, 0.15) is 31.8 Å². The van der Waals surface area contributed by atoms with Crippen molar-refractivity contribution in [2.24, 2.45) is 0 Å². The molecule has 2 heteroatoms. The molecule has 0 unspecified atom stereocenters. The van der Waals surface area contributed by atoms with E-state index in [9.17, 15) is 9.59 Å².